The maximum atomic E-state index is 12.5. The van der Waals surface area contributed by atoms with Crippen LogP contribution < -0.4 is 10.1 Å². The van der Waals surface area contributed by atoms with Crippen LogP contribution in [-0.2, 0) is 14.3 Å². The highest BCUT2D eigenvalue weighted by Gasteiger charge is 2.30. The molecule has 0 radical (unpaired) electrons. The minimum atomic E-state index is -0.987. The van der Waals surface area contributed by atoms with Gasteiger partial charge in [0.25, 0.3) is 5.91 Å². The Morgan fingerprint density at radius 1 is 1.19 bits per heavy atom. The van der Waals surface area contributed by atoms with Crippen molar-refractivity contribution in [1.29, 1.82) is 0 Å². The van der Waals surface area contributed by atoms with E-state index in [2.05, 4.69) is 5.32 Å². The molecule has 6 heteroatoms. The monoisotopic (exact) mass is 373 g/mol. The van der Waals surface area contributed by atoms with Gasteiger partial charge in [-0.15, -0.1) is 0 Å². The van der Waals surface area contributed by atoms with Crippen LogP contribution >= 0.6 is 11.6 Å². The summed E-state index contributed by atoms with van der Waals surface area (Å²) in [7, 11) is 0. The van der Waals surface area contributed by atoms with Crippen LogP contribution in [0.4, 0.5) is 0 Å². The van der Waals surface area contributed by atoms with E-state index in [4.69, 9.17) is 21.1 Å². The average molecular weight is 374 g/mol. The summed E-state index contributed by atoms with van der Waals surface area (Å²) in [5.74, 6) is -0.376. The molecule has 2 aromatic rings. The minimum absolute atomic E-state index is 0.181. The lowest BCUT2D eigenvalue weighted by molar-refractivity contribution is -0.158. The molecule has 1 aliphatic carbocycles. The molecule has 1 amide bonds. The molecule has 0 heterocycles. The topological polar surface area (TPSA) is 64.6 Å². The Labute approximate surface area is 157 Å². The van der Waals surface area contributed by atoms with Crippen molar-refractivity contribution in [1.82, 2.24) is 5.32 Å². The highest BCUT2D eigenvalue weighted by Crippen LogP contribution is 2.24. The Hall–Kier alpha value is -2.53. The van der Waals surface area contributed by atoms with E-state index in [0.717, 1.165) is 18.4 Å². The summed E-state index contributed by atoms with van der Waals surface area (Å²) in [5.41, 5.74) is 1.44. The first-order valence-electron chi connectivity index (χ1n) is 8.46. The zero-order valence-electron chi connectivity index (χ0n) is 14.4. The van der Waals surface area contributed by atoms with Gasteiger partial charge in [0.2, 0.25) is 6.10 Å². The van der Waals surface area contributed by atoms with Gasteiger partial charge in [0.1, 0.15) is 5.75 Å². The maximum Gasteiger partial charge on any atom is 0.345 e. The van der Waals surface area contributed by atoms with Crippen molar-refractivity contribution in [2.45, 2.75) is 31.9 Å². The Balaban J connectivity index is 1.63. The molecule has 0 aromatic heterocycles. The van der Waals surface area contributed by atoms with E-state index in [0.29, 0.717) is 16.3 Å². The van der Waals surface area contributed by atoms with Crippen LogP contribution in [0.15, 0.2) is 48.5 Å². The van der Waals surface area contributed by atoms with Gasteiger partial charge < -0.3 is 14.8 Å². The molecular formula is C20H20ClNO4. The number of halogens is 1. The number of hydrogen-bond acceptors (Lipinski definition) is 4. The smallest absolute Gasteiger partial charge is 0.345 e. The molecule has 0 bridgehead atoms. The van der Waals surface area contributed by atoms with E-state index in [1.807, 2.05) is 13.0 Å². The lowest BCUT2D eigenvalue weighted by Gasteiger charge is -2.18. The fourth-order valence-electron chi connectivity index (χ4n) is 2.48. The molecule has 0 spiro atoms. The normalized spacial score (nSPS) is 14.4. The number of esters is 1. The van der Waals surface area contributed by atoms with Crippen LogP contribution in [0.2, 0.25) is 5.02 Å². The summed E-state index contributed by atoms with van der Waals surface area (Å²) in [5, 5.41) is 3.47. The van der Waals surface area contributed by atoms with Crippen molar-refractivity contribution < 1.29 is 19.1 Å². The number of aryl methyl sites for hydroxylation is 1. The Kier molecular flexibility index (Phi) is 5.78. The van der Waals surface area contributed by atoms with E-state index in [9.17, 15) is 9.59 Å². The van der Waals surface area contributed by atoms with Gasteiger partial charge in [0.15, 0.2) is 6.61 Å². The molecular weight excluding hydrogens is 354 g/mol. The first-order chi connectivity index (χ1) is 12.5. The highest BCUT2D eigenvalue weighted by molar-refractivity contribution is 6.30. The summed E-state index contributed by atoms with van der Waals surface area (Å²) in [6, 6.07) is 14.3. The third-order valence-corrected chi connectivity index (χ3v) is 4.23. The molecule has 1 aliphatic rings. The number of rotatable bonds is 7. The number of hydrogen-bond donors (Lipinski definition) is 1. The van der Waals surface area contributed by atoms with Crippen molar-refractivity contribution in [2.75, 3.05) is 6.61 Å². The second-order valence-electron chi connectivity index (χ2n) is 6.26. The first kappa shape index (κ1) is 18.3. The van der Waals surface area contributed by atoms with Gasteiger partial charge in [0, 0.05) is 16.6 Å². The van der Waals surface area contributed by atoms with E-state index >= 15 is 0 Å². The summed E-state index contributed by atoms with van der Waals surface area (Å²) in [4.78, 5) is 24.7. The molecule has 0 unspecified atom stereocenters. The second kappa shape index (κ2) is 8.23. The summed E-state index contributed by atoms with van der Waals surface area (Å²) >= 11 is 5.91. The summed E-state index contributed by atoms with van der Waals surface area (Å²) in [6.07, 6.45) is 0.930. The standard InChI is InChI=1S/C20H20ClNO4/c1-13-11-15(21)7-10-17(13)25-12-18(23)26-19(14-5-3-2-4-6-14)20(24)22-16-8-9-16/h2-7,10-11,16,19H,8-9,12H2,1H3,(H,22,24)/t19-/m0/s1. The van der Waals surface area contributed by atoms with E-state index < -0.39 is 12.1 Å². The van der Waals surface area contributed by atoms with Gasteiger partial charge in [-0.25, -0.2) is 4.79 Å². The highest BCUT2D eigenvalue weighted by atomic mass is 35.5. The quantitative estimate of drug-likeness (QED) is 0.753. The first-order valence-corrected chi connectivity index (χ1v) is 8.84. The van der Waals surface area contributed by atoms with Gasteiger partial charge in [-0.1, -0.05) is 41.9 Å². The predicted octanol–water partition coefficient (Wildman–Crippen LogP) is 3.59. The van der Waals surface area contributed by atoms with E-state index in [1.165, 1.54) is 0 Å². The Morgan fingerprint density at radius 2 is 1.92 bits per heavy atom. The van der Waals surface area contributed by atoms with Gasteiger partial charge in [-0.2, -0.15) is 0 Å². The van der Waals surface area contributed by atoms with Crippen LogP contribution in [0.1, 0.15) is 30.1 Å². The number of ether oxygens (including phenoxy) is 2. The number of nitrogens with one attached hydrogen (secondary N) is 1. The summed E-state index contributed by atoms with van der Waals surface area (Å²) in [6.45, 7) is 1.55. The second-order valence-corrected chi connectivity index (χ2v) is 6.70. The van der Waals surface area contributed by atoms with Crippen molar-refractivity contribution in [2.24, 2.45) is 0 Å². The maximum absolute atomic E-state index is 12.5. The van der Waals surface area contributed by atoms with Crippen LogP contribution in [0.3, 0.4) is 0 Å². The predicted molar refractivity (Wildman–Crippen MR) is 98.1 cm³/mol. The van der Waals surface area contributed by atoms with Crippen molar-refractivity contribution in [3.05, 3.63) is 64.7 Å². The fourth-order valence-corrected chi connectivity index (χ4v) is 2.71. The van der Waals surface area contributed by atoms with Crippen LogP contribution in [0, 0.1) is 6.92 Å². The van der Waals surface area contributed by atoms with Gasteiger partial charge in [-0.3, -0.25) is 4.79 Å². The van der Waals surface area contributed by atoms with Crippen LogP contribution in [-0.4, -0.2) is 24.5 Å². The lowest BCUT2D eigenvalue weighted by atomic mass is 10.1. The molecule has 1 saturated carbocycles. The minimum Gasteiger partial charge on any atom is -0.482 e. The van der Waals surface area contributed by atoms with Crippen molar-refractivity contribution in [3.8, 4) is 5.75 Å². The van der Waals surface area contributed by atoms with Crippen LogP contribution in [0.25, 0.3) is 0 Å². The zero-order valence-corrected chi connectivity index (χ0v) is 15.2. The van der Waals surface area contributed by atoms with Gasteiger partial charge in [-0.05, 0) is 43.5 Å². The molecule has 1 fully saturated rings. The van der Waals surface area contributed by atoms with E-state index in [-0.39, 0.29) is 18.6 Å². The number of carbonyl (C=O) groups excluding carboxylic acids is 2. The van der Waals surface area contributed by atoms with Gasteiger partial charge in [0.05, 0.1) is 0 Å². The Bertz CT molecular complexity index is 790. The largest absolute Gasteiger partial charge is 0.482 e. The SMILES string of the molecule is Cc1cc(Cl)ccc1OCC(=O)O[C@H](C(=O)NC1CC1)c1ccccc1. The fraction of sp³-hybridized carbons (Fsp3) is 0.300. The molecule has 0 aliphatic heterocycles. The van der Waals surface area contributed by atoms with Crippen molar-refractivity contribution >= 4 is 23.5 Å². The van der Waals surface area contributed by atoms with Gasteiger partial charge >= 0.3 is 5.97 Å². The number of benzene rings is 2. The third kappa shape index (κ3) is 4.99. The van der Waals surface area contributed by atoms with E-state index in [1.54, 1.807) is 42.5 Å². The molecule has 26 heavy (non-hydrogen) atoms. The molecule has 5 nitrogen and oxygen atoms in total. The Morgan fingerprint density at radius 3 is 2.58 bits per heavy atom. The molecule has 0 saturated heterocycles. The third-order valence-electron chi connectivity index (χ3n) is 4.00. The van der Waals surface area contributed by atoms with Crippen LogP contribution in [0.5, 0.6) is 5.75 Å². The number of amides is 1. The molecule has 3 rings (SSSR count). The lowest BCUT2D eigenvalue weighted by Crippen LogP contribution is -2.34. The van der Waals surface area contributed by atoms with Crippen molar-refractivity contribution in [3.63, 3.8) is 0 Å². The average Bonchev–Trinajstić information content (AvgIpc) is 3.43. The molecule has 1 atom stereocenters. The zero-order chi connectivity index (χ0) is 18.5. The molecule has 1 N–H and O–H groups in total. The summed E-state index contributed by atoms with van der Waals surface area (Å²) < 4.78 is 10.9. The molecule has 136 valence electrons. The molecule has 2 aromatic carbocycles. The number of carbonyl (C=O) groups is 2.